The van der Waals surface area contributed by atoms with Crippen LogP contribution in [0.15, 0.2) is 24.3 Å². The lowest BCUT2D eigenvalue weighted by Crippen LogP contribution is -2.28. The number of Topliss-reactive ketones (excluding diaryl/α,β-unsaturated/α-hetero) is 1. The molecule has 1 aromatic carbocycles. The second-order valence-electron chi connectivity index (χ2n) is 8.87. The Balaban J connectivity index is 1.85. The van der Waals surface area contributed by atoms with Crippen LogP contribution in [0.4, 0.5) is 0 Å². The molecule has 144 valence electrons. The van der Waals surface area contributed by atoms with Crippen molar-refractivity contribution in [3.8, 4) is 16.9 Å². The van der Waals surface area contributed by atoms with E-state index in [9.17, 15) is 4.79 Å². The minimum Gasteiger partial charge on any atom is -0.497 e. The Morgan fingerprint density at radius 3 is 2.54 bits per heavy atom. The van der Waals surface area contributed by atoms with Crippen molar-refractivity contribution in [3.63, 3.8) is 0 Å². The summed E-state index contributed by atoms with van der Waals surface area (Å²) in [7, 11) is 1.68. The Hall–Kier alpha value is -2.20. The number of pyridine rings is 1. The summed E-state index contributed by atoms with van der Waals surface area (Å²) in [6.45, 7) is 4.35. The van der Waals surface area contributed by atoms with Gasteiger partial charge in [-0.05, 0) is 60.8 Å². The molecule has 3 nitrogen and oxygen atoms in total. The second kappa shape index (κ2) is 6.41. The van der Waals surface area contributed by atoms with E-state index in [1.807, 2.05) is 23.5 Å². The monoisotopic (exact) mass is 391 g/mol. The zero-order chi connectivity index (χ0) is 19.5. The van der Waals surface area contributed by atoms with Crippen molar-refractivity contribution in [1.29, 1.82) is 0 Å². The number of hydrogen-bond acceptors (Lipinski definition) is 4. The quantitative estimate of drug-likeness (QED) is 0.537. The molecule has 0 N–H and O–H groups in total. The molecule has 0 spiro atoms. The van der Waals surface area contributed by atoms with Crippen molar-refractivity contribution in [2.45, 2.75) is 52.4 Å². The number of ketones is 1. The largest absolute Gasteiger partial charge is 0.497 e. The average Bonchev–Trinajstić information content (AvgIpc) is 3.03. The molecule has 0 aliphatic heterocycles. The zero-order valence-electron chi connectivity index (χ0n) is 16.7. The lowest BCUT2D eigenvalue weighted by atomic mass is 9.73. The van der Waals surface area contributed by atoms with E-state index in [0.29, 0.717) is 6.42 Å². The van der Waals surface area contributed by atoms with Crippen molar-refractivity contribution < 1.29 is 9.53 Å². The third kappa shape index (κ3) is 2.77. The Bertz CT molecular complexity index is 1090. The zero-order valence-corrected chi connectivity index (χ0v) is 17.5. The minimum absolute atomic E-state index is 0.0290. The van der Waals surface area contributed by atoms with E-state index in [0.717, 1.165) is 52.2 Å². The summed E-state index contributed by atoms with van der Waals surface area (Å²) in [5, 5.41) is 1.23. The number of methoxy groups -OCH3 is 1. The van der Waals surface area contributed by atoms with E-state index in [4.69, 9.17) is 9.72 Å². The predicted molar refractivity (Wildman–Crippen MR) is 115 cm³/mol. The van der Waals surface area contributed by atoms with Gasteiger partial charge in [0.15, 0.2) is 5.78 Å². The standard InChI is InChI=1S/C24H25NO2S/c1-24(2)12-17-22(18(26)13-24)20(14-8-10-15(27-3)11-9-14)21-16-6-4-5-7-19(16)28-23(21)25-17/h8-11H,4-7,12-13H2,1-3H3. The first kappa shape index (κ1) is 17.9. The van der Waals surface area contributed by atoms with Crippen LogP contribution in [0.2, 0.25) is 0 Å². The molecule has 2 aliphatic rings. The number of nitrogens with zero attached hydrogens (tertiary/aromatic N) is 1. The van der Waals surface area contributed by atoms with Gasteiger partial charge < -0.3 is 4.74 Å². The topological polar surface area (TPSA) is 39.2 Å². The molecule has 0 saturated carbocycles. The number of carbonyl (C=O) groups excluding carboxylic acids is 1. The van der Waals surface area contributed by atoms with E-state index in [2.05, 4.69) is 26.0 Å². The Labute approximate surface area is 169 Å². The van der Waals surface area contributed by atoms with Crippen molar-refractivity contribution in [2.75, 3.05) is 7.11 Å². The fourth-order valence-corrected chi connectivity index (χ4v) is 6.14. The van der Waals surface area contributed by atoms with Gasteiger partial charge in [0, 0.05) is 27.8 Å². The molecule has 0 fully saturated rings. The summed E-state index contributed by atoms with van der Waals surface area (Å²) < 4.78 is 5.35. The van der Waals surface area contributed by atoms with Crippen LogP contribution in [-0.2, 0) is 19.3 Å². The second-order valence-corrected chi connectivity index (χ2v) is 9.95. The van der Waals surface area contributed by atoms with E-state index in [1.54, 1.807) is 7.11 Å². The molecule has 0 unspecified atom stereocenters. The number of fused-ring (bicyclic) bond motifs is 4. The van der Waals surface area contributed by atoms with Gasteiger partial charge in [-0.3, -0.25) is 4.79 Å². The highest BCUT2D eigenvalue weighted by Gasteiger charge is 2.36. The minimum atomic E-state index is -0.0290. The molecule has 28 heavy (non-hydrogen) atoms. The summed E-state index contributed by atoms with van der Waals surface area (Å²) in [5.74, 6) is 1.07. The normalized spacial score (nSPS) is 18.0. The highest BCUT2D eigenvalue weighted by atomic mass is 32.1. The summed E-state index contributed by atoms with van der Waals surface area (Å²) in [4.78, 5) is 20.9. The molecule has 2 heterocycles. The molecule has 0 bridgehead atoms. The summed E-state index contributed by atoms with van der Waals surface area (Å²) >= 11 is 1.84. The lowest BCUT2D eigenvalue weighted by molar-refractivity contribution is 0.0911. The number of aryl methyl sites for hydroxylation is 2. The van der Waals surface area contributed by atoms with Gasteiger partial charge in [0.1, 0.15) is 10.6 Å². The fourth-order valence-electron chi connectivity index (χ4n) is 4.85. The van der Waals surface area contributed by atoms with E-state index in [-0.39, 0.29) is 11.2 Å². The van der Waals surface area contributed by atoms with Gasteiger partial charge in [-0.1, -0.05) is 26.0 Å². The van der Waals surface area contributed by atoms with Gasteiger partial charge in [-0.2, -0.15) is 0 Å². The number of carbonyl (C=O) groups is 1. The van der Waals surface area contributed by atoms with Crippen molar-refractivity contribution in [1.82, 2.24) is 4.98 Å². The van der Waals surface area contributed by atoms with Crippen LogP contribution in [0.5, 0.6) is 5.75 Å². The number of aromatic nitrogens is 1. The maximum Gasteiger partial charge on any atom is 0.165 e. The summed E-state index contributed by atoms with van der Waals surface area (Å²) in [6, 6.07) is 8.16. The smallest absolute Gasteiger partial charge is 0.165 e. The van der Waals surface area contributed by atoms with Crippen molar-refractivity contribution in [2.24, 2.45) is 5.41 Å². The third-order valence-corrected chi connectivity index (χ3v) is 7.31. The van der Waals surface area contributed by atoms with Crippen LogP contribution < -0.4 is 4.74 Å². The number of rotatable bonds is 2. The van der Waals surface area contributed by atoms with E-state index < -0.39 is 0 Å². The predicted octanol–water partition coefficient (Wildman–Crippen LogP) is 6.01. The third-order valence-electron chi connectivity index (χ3n) is 6.12. The molecule has 2 aliphatic carbocycles. The van der Waals surface area contributed by atoms with Crippen LogP contribution in [0.1, 0.15) is 59.6 Å². The van der Waals surface area contributed by atoms with Crippen LogP contribution in [-0.4, -0.2) is 17.9 Å². The Morgan fingerprint density at radius 1 is 1.04 bits per heavy atom. The molecular weight excluding hydrogens is 366 g/mol. The van der Waals surface area contributed by atoms with Crippen LogP contribution in [0.25, 0.3) is 21.3 Å². The molecule has 3 aromatic rings. The first-order valence-electron chi connectivity index (χ1n) is 10.1. The van der Waals surface area contributed by atoms with Gasteiger partial charge in [-0.15, -0.1) is 11.3 Å². The van der Waals surface area contributed by atoms with Crippen molar-refractivity contribution in [3.05, 3.63) is 46.0 Å². The molecule has 0 atom stereocenters. The molecule has 0 radical (unpaired) electrons. The Morgan fingerprint density at radius 2 is 1.79 bits per heavy atom. The number of ether oxygens (including phenoxy) is 1. The van der Waals surface area contributed by atoms with Gasteiger partial charge in [0.05, 0.1) is 12.8 Å². The summed E-state index contributed by atoms with van der Waals surface area (Å²) in [6.07, 6.45) is 6.15. The molecule has 2 aromatic heterocycles. The molecule has 5 rings (SSSR count). The number of hydrogen-bond donors (Lipinski definition) is 0. The lowest BCUT2D eigenvalue weighted by Gasteiger charge is -2.31. The summed E-state index contributed by atoms with van der Waals surface area (Å²) in [5.41, 5.74) is 5.47. The first-order chi connectivity index (χ1) is 13.5. The Kier molecular flexibility index (Phi) is 4.09. The SMILES string of the molecule is COc1ccc(-c2c3c(nc4sc5c(c24)CCCC5)CC(C)(C)CC3=O)cc1. The van der Waals surface area contributed by atoms with Crippen LogP contribution >= 0.6 is 11.3 Å². The van der Waals surface area contributed by atoms with Gasteiger partial charge in [-0.25, -0.2) is 4.98 Å². The highest BCUT2D eigenvalue weighted by molar-refractivity contribution is 7.19. The van der Waals surface area contributed by atoms with E-state index in [1.165, 1.54) is 28.7 Å². The maximum absolute atomic E-state index is 13.3. The van der Waals surface area contributed by atoms with Crippen LogP contribution in [0.3, 0.4) is 0 Å². The van der Waals surface area contributed by atoms with Crippen LogP contribution in [0, 0.1) is 5.41 Å². The highest BCUT2D eigenvalue weighted by Crippen LogP contribution is 2.46. The van der Waals surface area contributed by atoms with Crippen molar-refractivity contribution >= 4 is 27.3 Å². The molecular formula is C24H25NO2S. The fraction of sp³-hybridized carbons (Fsp3) is 0.417. The van der Waals surface area contributed by atoms with E-state index >= 15 is 0 Å². The molecule has 0 amide bonds. The first-order valence-corrected chi connectivity index (χ1v) is 10.9. The van der Waals surface area contributed by atoms with Gasteiger partial charge >= 0.3 is 0 Å². The maximum atomic E-state index is 13.3. The number of thiophene rings is 1. The molecule has 0 saturated heterocycles. The van der Waals surface area contributed by atoms with Gasteiger partial charge in [0.25, 0.3) is 0 Å². The molecule has 4 heteroatoms. The van der Waals surface area contributed by atoms with Gasteiger partial charge in [0.2, 0.25) is 0 Å². The average molecular weight is 392 g/mol. The number of benzene rings is 1.